The molecule has 0 radical (unpaired) electrons. The monoisotopic (exact) mass is 518 g/mol. The molecule has 0 heterocycles. The fourth-order valence-electron chi connectivity index (χ4n) is 3.75. The maximum absolute atomic E-state index is 13.5. The number of hydrogen-bond donors (Lipinski definition) is 2. The Hall–Kier alpha value is -3.82. The van der Waals surface area contributed by atoms with Gasteiger partial charge in [-0.15, -0.1) is 0 Å². The Labute approximate surface area is 215 Å². The summed E-state index contributed by atoms with van der Waals surface area (Å²) in [5, 5.41) is 14.1. The number of hydrogen-bond acceptors (Lipinski definition) is 4. The van der Waals surface area contributed by atoms with E-state index in [2.05, 4.69) is 23.8 Å². The highest BCUT2D eigenvalue weighted by Crippen LogP contribution is 2.35. The van der Waals surface area contributed by atoms with Crippen LogP contribution in [0, 0.1) is 0 Å². The van der Waals surface area contributed by atoms with E-state index in [1.165, 1.54) is 18.2 Å². The number of benzene rings is 2. The molecule has 0 atom stereocenters. The van der Waals surface area contributed by atoms with Gasteiger partial charge < -0.3 is 15.7 Å². The molecule has 3 N–H and O–H groups in total. The Bertz CT molecular complexity index is 1140. The number of alkyl halides is 3. The summed E-state index contributed by atoms with van der Waals surface area (Å²) in [7, 11) is 0. The third kappa shape index (κ3) is 8.37. The van der Waals surface area contributed by atoms with E-state index in [4.69, 9.17) is 10.8 Å². The van der Waals surface area contributed by atoms with Gasteiger partial charge in [0.15, 0.2) is 0 Å². The van der Waals surface area contributed by atoms with Crippen LogP contribution in [0.15, 0.2) is 53.6 Å². The number of unbranched alkanes of at least 4 members (excludes halogenated alkanes) is 2. The van der Waals surface area contributed by atoms with Crippen molar-refractivity contribution in [2.75, 3.05) is 23.0 Å². The molecule has 0 aliphatic heterocycles. The van der Waals surface area contributed by atoms with Crippen LogP contribution in [0.5, 0.6) is 0 Å². The highest BCUT2D eigenvalue weighted by molar-refractivity contribution is 5.98. The van der Waals surface area contributed by atoms with Crippen molar-refractivity contribution in [3.8, 4) is 0 Å². The fraction of sp³-hybridized carbons (Fsp3) is 0.370. The van der Waals surface area contributed by atoms with Crippen molar-refractivity contribution >= 4 is 35.2 Å². The zero-order valence-corrected chi connectivity index (χ0v) is 21.3. The van der Waals surface area contributed by atoms with Crippen LogP contribution < -0.4 is 15.6 Å². The summed E-state index contributed by atoms with van der Waals surface area (Å²) >= 11 is 0. The van der Waals surface area contributed by atoms with Gasteiger partial charge in [0.05, 0.1) is 23.2 Å². The number of primary amides is 1. The number of halogens is 3. The first-order valence-corrected chi connectivity index (χ1v) is 12.1. The van der Waals surface area contributed by atoms with Gasteiger partial charge in [-0.2, -0.15) is 23.3 Å². The van der Waals surface area contributed by atoms with Crippen molar-refractivity contribution < 1.29 is 27.9 Å². The predicted octanol–water partition coefficient (Wildman–Crippen LogP) is 6.52. The number of hydrazone groups is 1. The lowest BCUT2D eigenvalue weighted by Gasteiger charge is -2.29. The molecule has 0 bridgehead atoms. The molecular formula is C27H33F3N4O3. The molecule has 0 aliphatic rings. The Morgan fingerprint density at radius 1 is 1.03 bits per heavy atom. The van der Waals surface area contributed by atoms with E-state index in [0.717, 1.165) is 49.0 Å². The van der Waals surface area contributed by atoms with Crippen molar-refractivity contribution in [3.63, 3.8) is 0 Å². The number of nitrogens with zero attached hydrogens (tertiary/aromatic N) is 3. The molecule has 0 spiro atoms. The average Bonchev–Trinajstić information content (AvgIpc) is 2.83. The quantitative estimate of drug-likeness (QED) is 0.190. The van der Waals surface area contributed by atoms with Crippen LogP contribution in [0.4, 0.5) is 29.3 Å². The number of anilines is 2. The molecule has 37 heavy (non-hydrogen) atoms. The second-order valence-corrected chi connectivity index (χ2v) is 8.54. The molecule has 0 saturated carbocycles. The van der Waals surface area contributed by atoms with Crippen LogP contribution in [-0.2, 0) is 11.0 Å². The minimum absolute atomic E-state index is 0.227. The Morgan fingerprint density at radius 2 is 1.65 bits per heavy atom. The van der Waals surface area contributed by atoms with Crippen LogP contribution in [0.1, 0.15) is 63.1 Å². The van der Waals surface area contributed by atoms with E-state index in [1.807, 2.05) is 0 Å². The van der Waals surface area contributed by atoms with E-state index in [1.54, 1.807) is 25.1 Å². The number of allylic oxidation sites excluding steroid dienone is 1. The first-order valence-electron chi connectivity index (χ1n) is 12.1. The summed E-state index contributed by atoms with van der Waals surface area (Å²) < 4.78 is 40.4. The number of nitrogens with two attached hydrogens (primary N) is 1. The van der Waals surface area contributed by atoms with Crippen molar-refractivity contribution in [2.24, 2.45) is 10.8 Å². The molecule has 2 aromatic rings. The normalized spacial score (nSPS) is 12.1. The van der Waals surface area contributed by atoms with Crippen LogP contribution >= 0.6 is 0 Å². The van der Waals surface area contributed by atoms with Gasteiger partial charge in [0.1, 0.15) is 0 Å². The second-order valence-electron chi connectivity index (χ2n) is 8.54. The number of amides is 2. The molecule has 200 valence electrons. The highest BCUT2D eigenvalue weighted by Gasteiger charge is 2.32. The smallest absolute Gasteiger partial charge is 0.417 e. The summed E-state index contributed by atoms with van der Waals surface area (Å²) in [5.74, 6) is -1.14. The van der Waals surface area contributed by atoms with Gasteiger partial charge in [-0.05, 0) is 49.1 Å². The van der Waals surface area contributed by atoms with Crippen molar-refractivity contribution in [1.82, 2.24) is 0 Å². The van der Waals surface area contributed by atoms with Crippen molar-refractivity contribution in [1.29, 1.82) is 0 Å². The van der Waals surface area contributed by atoms with Crippen molar-refractivity contribution in [2.45, 2.75) is 52.6 Å². The van der Waals surface area contributed by atoms with Crippen LogP contribution in [0.2, 0.25) is 0 Å². The van der Waals surface area contributed by atoms with Gasteiger partial charge in [-0.3, -0.25) is 0 Å². The predicted molar refractivity (Wildman–Crippen MR) is 141 cm³/mol. The van der Waals surface area contributed by atoms with Gasteiger partial charge in [-0.1, -0.05) is 51.0 Å². The summed E-state index contributed by atoms with van der Waals surface area (Å²) in [6.07, 6.45) is 0.990. The molecular weight excluding hydrogens is 485 g/mol. The lowest BCUT2D eigenvalue weighted by molar-refractivity contribution is -0.137. The molecule has 7 nitrogen and oxygen atoms in total. The lowest BCUT2D eigenvalue weighted by atomic mass is 10.0. The van der Waals surface area contributed by atoms with E-state index in [9.17, 15) is 22.8 Å². The van der Waals surface area contributed by atoms with Gasteiger partial charge >= 0.3 is 18.2 Å². The number of carboxylic acids is 1. The van der Waals surface area contributed by atoms with Crippen molar-refractivity contribution in [3.05, 3.63) is 65.2 Å². The Morgan fingerprint density at radius 3 is 2.19 bits per heavy atom. The fourth-order valence-corrected chi connectivity index (χ4v) is 3.75. The first-order chi connectivity index (χ1) is 17.5. The van der Waals surface area contributed by atoms with E-state index in [-0.39, 0.29) is 11.3 Å². The van der Waals surface area contributed by atoms with Gasteiger partial charge in [-0.25, -0.2) is 9.59 Å². The molecule has 2 amide bonds. The highest BCUT2D eigenvalue weighted by atomic mass is 19.4. The number of carbonyl (C=O) groups excluding carboxylic acids is 1. The van der Waals surface area contributed by atoms with Gasteiger partial charge in [0, 0.05) is 24.7 Å². The summed E-state index contributed by atoms with van der Waals surface area (Å²) in [6, 6.07) is 8.96. The molecule has 0 fully saturated rings. The first kappa shape index (κ1) is 29.4. The summed E-state index contributed by atoms with van der Waals surface area (Å²) in [5.41, 5.74) is 6.32. The van der Waals surface area contributed by atoms with Crippen LogP contribution in [-0.4, -0.2) is 36.4 Å². The van der Waals surface area contributed by atoms with Crippen LogP contribution in [0.25, 0.3) is 5.57 Å². The molecule has 0 unspecified atom stereocenters. The number of urea groups is 1. The topological polar surface area (TPSA) is 99.2 Å². The second kappa shape index (κ2) is 13.5. The van der Waals surface area contributed by atoms with E-state index >= 15 is 0 Å². The molecule has 10 heteroatoms. The van der Waals surface area contributed by atoms with Crippen LogP contribution in [0.3, 0.4) is 0 Å². The SMILES string of the molecule is CCCCN(CCCC)c1ccc(/C(C)=C/C(=O)O)cc1N(/N=C/c1ccccc1C(F)(F)F)C(N)=O. The third-order valence-electron chi connectivity index (χ3n) is 5.69. The minimum atomic E-state index is -4.61. The number of carboxylic acid groups (broad SMARTS) is 1. The molecule has 0 aromatic heterocycles. The number of carbonyl (C=O) groups is 2. The standard InChI is InChI=1S/C27H33F3N4O3/c1-4-6-14-33(15-7-5-2)23-13-12-20(19(3)16-25(35)36)17-24(23)34(26(31)37)32-18-21-10-8-9-11-22(21)27(28,29)30/h8-13,16-18H,4-7,14-15H2,1-3H3,(H2,31,37)(H,35,36)/b19-16+,32-18+. The lowest BCUT2D eigenvalue weighted by Crippen LogP contribution is -2.34. The van der Waals surface area contributed by atoms with Gasteiger partial charge in [0.25, 0.3) is 0 Å². The third-order valence-corrected chi connectivity index (χ3v) is 5.69. The Balaban J connectivity index is 2.69. The average molecular weight is 519 g/mol. The largest absolute Gasteiger partial charge is 0.478 e. The van der Waals surface area contributed by atoms with E-state index < -0.39 is 23.7 Å². The molecule has 0 aliphatic carbocycles. The molecule has 2 rings (SSSR count). The summed E-state index contributed by atoms with van der Waals surface area (Å²) in [4.78, 5) is 25.8. The van der Waals surface area contributed by atoms with Gasteiger partial charge in [0.2, 0.25) is 0 Å². The molecule has 0 saturated heterocycles. The summed E-state index contributed by atoms with van der Waals surface area (Å²) in [6.45, 7) is 7.08. The minimum Gasteiger partial charge on any atom is -0.478 e. The Kier molecular flexibility index (Phi) is 10.7. The zero-order valence-electron chi connectivity index (χ0n) is 21.3. The molecule has 2 aromatic carbocycles. The zero-order chi connectivity index (χ0) is 27.6. The number of aliphatic carboxylic acids is 1. The number of rotatable bonds is 12. The van der Waals surface area contributed by atoms with E-state index in [0.29, 0.717) is 29.9 Å². The maximum atomic E-state index is 13.5. The maximum Gasteiger partial charge on any atom is 0.417 e.